The van der Waals surface area contributed by atoms with E-state index in [1.54, 1.807) is 12.1 Å². The van der Waals surface area contributed by atoms with Crippen LogP contribution in [0.4, 0.5) is 5.69 Å². The molecule has 16 heavy (non-hydrogen) atoms. The Bertz CT molecular complexity index is 439. The van der Waals surface area contributed by atoms with Gasteiger partial charge in [-0.15, -0.1) is 0 Å². The van der Waals surface area contributed by atoms with E-state index in [2.05, 4.69) is 5.32 Å². The summed E-state index contributed by atoms with van der Waals surface area (Å²) in [5.74, 6) is 0.294. The molecule has 0 fully saturated rings. The van der Waals surface area contributed by atoms with Crippen molar-refractivity contribution in [2.45, 2.75) is 6.54 Å². The highest BCUT2D eigenvalue weighted by Gasteiger charge is 2.01. The van der Waals surface area contributed by atoms with Gasteiger partial charge in [-0.25, -0.2) is 0 Å². The fourth-order valence-corrected chi connectivity index (χ4v) is 1.66. The predicted octanol–water partition coefficient (Wildman–Crippen LogP) is 3.66. The van der Waals surface area contributed by atoms with E-state index in [1.165, 1.54) is 0 Å². The largest absolute Gasteiger partial charge is 0.508 e. The molecule has 2 nitrogen and oxygen atoms in total. The van der Waals surface area contributed by atoms with Crippen LogP contribution in [-0.4, -0.2) is 5.11 Å². The van der Waals surface area contributed by atoms with Crippen LogP contribution in [-0.2, 0) is 6.54 Å². The smallest absolute Gasteiger partial charge is 0.120 e. The second kappa shape index (κ2) is 4.90. The first-order valence-electron chi connectivity index (χ1n) is 5.02. The number of phenolic OH excluding ortho intramolecular Hbond substituents is 1. The molecule has 0 amide bonds. The van der Waals surface area contributed by atoms with Crippen LogP contribution in [0.1, 0.15) is 5.56 Å². The van der Waals surface area contributed by atoms with Gasteiger partial charge >= 0.3 is 0 Å². The molecule has 0 aliphatic heterocycles. The van der Waals surface area contributed by atoms with Crippen molar-refractivity contribution in [3.05, 3.63) is 59.1 Å². The lowest BCUT2D eigenvalue weighted by molar-refractivity contribution is 0.469. The monoisotopic (exact) mass is 233 g/mol. The van der Waals surface area contributed by atoms with Crippen molar-refractivity contribution < 1.29 is 5.11 Å². The summed E-state index contributed by atoms with van der Waals surface area (Å²) >= 11 is 6.01. The normalized spacial score (nSPS) is 10.1. The Balaban J connectivity index is 2.09. The first-order chi connectivity index (χ1) is 7.77. The second-order valence-corrected chi connectivity index (χ2v) is 3.87. The van der Waals surface area contributed by atoms with Crippen LogP contribution in [0.15, 0.2) is 48.5 Å². The Morgan fingerprint density at radius 3 is 2.44 bits per heavy atom. The van der Waals surface area contributed by atoms with Gasteiger partial charge in [0.2, 0.25) is 0 Å². The van der Waals surface area contributed by atoms with Crippen LogP contribution < -0.4 is 5.32 Å². The lowest BCUT2D eigenvalue weighted by Gasteiger charge is -2.09. The average molecular weight is 234 g/mol. The molecule has 82 valence electrons. The van der Waals surface area contributed by atoms with Crippen LogP contribution in [0.3, 0.4) is 0 Å². The molecule has 2 aromatic carbocycles. The van der Waals surface area contributed by atoms with Gasteiger partial charge in [-0.3, -0.25) is 0 Å². The topological polar surface area (TPSA) is 32.3 Å². The summed E-state index contributed by atoms with van der Waals surface area (Å²) in [6.45, 7) is 0.552. The number of hydrogen-bond acceptors (Lipinski definition) is 2. The number of aromatic hydroxyl groups is 1. The standard InChI is InChI=1S/C13H12ClNO/c14-11-6-2-3-7-12(11)15-9-10-5-1-4-8-13(10)16/h1-8,15-16H,9H2. The van der Waals surface area contributed by atoms with Gasteiger partial charge in [0.25, 0.3) is 0 Å². The van der Waals surface area contributed by atoms with E-state index >= 15 is 0 Å². The minimum absolute atomic E-state index is 0.294. The zero-order valence-corrected chi connectivity index (χ0v) is 9.41. The summed E-state index contributed by atoms with van der Waals surface area (Å²) in [6, 6.07) is 14.8. The van der Waals surface area contributed by atoms with Crippen molar-refractivity contribution in [1.29, 1.82) is 0 Å². The third-order valence-corrected chi connectivity index (χ3v) is 2.66. The molecule has 0 aliphatic rings. The lowest BCUT2D eigenvalue weighted by Crippen LogP contribution is -1.99. The molecule has 0 heterocycles. The van der Waals surface area contributed by atoms with Crippen molar-refractivity contribution in [2.75, 3.05) is 5.32 Å². The van der Waals surface area contributed by atoms with Crippen LogP contribution >= 0.6 is 11.6 Å². The summed E-state index contributed by atoms with van der Waals surface area (Å²) in [4.78, 5) is 0. The Labute approximate surface area is 99.5 Å². The van der Waals surface area contributed by atoms with Crippen LogP contribution in [0.2, 0.25) is 5.02 Å². The SMILES string of the molecule is Oc1ccccc1CNc1ccccc1Cl. The summed E-state index contributed by atoms with van der Waals surface area (Å²) in [6.07, 6.45) is 0. The number of benzene rings is 2. The number of halogens is 1. The highest BCUT2D eigenvalue weighted by atomic mass is 35.5. The minimum atomic E-state index is 0.294. The van der Waals surface area contributed by atoms with Crippen LogP contribution in [0.5, 0.6) is 5.75 Å². The second-order valence-electron chi connectivity index (χ2n) is 3.46. The molecule has 0 saturated heterocycles. The molecule has 2 aromatic rings. The fourth-order valence-electron chi connectivity index (χ4n) is 1.46. The zero-order valence-electron chi connectivity index (χ0n) is 8.65. The molecule has 3 heteroatoms. The molecule has 2 rings (SSSR count). The third-order valence-electron chi connectivity index (χ3n) is 2.33. The molecule has 0 aromatic heterocycles. The first-order valence-corrected chi connectivity index (χ1v) is 5.40. The van der Waals surface area contributed by atoms with Gasteiger partial charge in [0, 0.05) is 12.1 Å². The zero-order chi connectivity index (χ0) is 11.4. The first kappa shape index (κ1) is 10.8. The molecule has 0 atom stereocenters. The Hall–Kier alpha value is -1.67. The molecule has 0 bridgehead atoms. The minimum Gasteiger partial charge on any atom is -0.508 e. The van der Waals surface area contributed by atoms with Gasteiger partial charge in [-0.05, 0) is 18.2 Å². The van der Waals surface area contributed by atoms with Crippen molar-refractivity contribution >= 4 is 17.3 Å². The molecule has 0 spiro atoms. The van der Waals surface area contributed by atoms with Crippen LogP contribution in [0, 0.1) is 0 Å². The van der Waals surface area contributed by atoms with Crippen molar-refractivity contribution in [1.82, 2.24) is 0 Å². The number of hydrogen-bond donors (Lipinski definition) is 2. The predicted molar refractivity (Wildman–Crippen MR) is 66.9 cm³/mol. The van der Waals surface area contributed by atoms with Gasteiger partial charge in [0.05, 0.1) is 10.7 Å². The lowest BCUT2D eigenvalue weighted by atomic mass is 10.2. The quantitative estimate of drug-likeness (QED) is 0.848. The third kappa shape index (κ3) is 2.47. The highest BCUT2D eigenvalue weighted by Crippen LogP contribution is 2.23. The summed E-state index contributed by atoms with van der Waals surface area (Å²) < 4.78 is 0. The van der Waals surface area contributed by atoms with Gasteiger partial charge < -0.3 is 10.4 Å². The van der Waals surface area contributed by atoms with E-state index < -0.39 is 0 Å². The maximum atomic E-state index is 9.58. The van der Waals surface area contributed by atoms with Gasteiger partial charge in [-0.2, -0.15) is 0 Å². The number of nitrogens with one attached hydrogen (secondary N) is 1. The molecule has 0 radical (unpaired) electrons. The van der Waals surface area contributed by atoms with E-state index in [0.717, 1.165) is 11.3 Å². The number of para-hydroxylation sites is 2. The summed E-state index contributed by atoms with van der Waals surface area (Å²) in [5, 5.41) is 13.4. The molecular weight excluding hydrogens is 222 g/mol. The van der Waals surface area contributed by atoms with E-state index in [0.29, 0.717) is 17.3 Å². The number of anilines is 1. The number of phenols is 1. The Morgan fingerprint density at radius 1 is 1.00 bits per heavy atom. The van der Waals surface area contributed by atoms with Crippen LogP contribution in [0.25, 0.3) is 0 Å². The van der Waals surface area contributed by atoms with E-state index in [9.17, 15) is 5.11 Å². The molecule has 0 saturated carbocycles. The van der Waals surface area contributed by atoms with Gasteiger partial charge in [0.15, 0.2) is 0 Å². The maximum Gasteiger partial charge on any atom is 0.120 e. The van der Waals surface area contributed by atoms with Gasteiger partial charge in [0.1, 0.15) is 5.75 Å². The van der Waals surface area contributed by atoms with Crippen molar-refractivity contribution in [2.24, 2.45) is 0 Å². The number of rotatable bonds is 3. The average Bonchev–Trinajstić information content (AvgIpc) is 2.30. The van der Waals surface area contributed by atoms with E-state index in [-0.39, 0.29) is 0 Å². The maximum absolute atomic E-state index is 9.58. The van der Waals surface area contributed by atoms with Crippen molar-refractivity contribution in [3.63, 3.8) is 0 Å². The van der Waals surface area contributed by atoms with Crippen molar-refractivity contribution in [3.8, 4) is 5.75 Å². The van der Waals surface area contributed by atoms with E-state index in [1.807, 2.05) is 36.4 Å². The summed E-state index contributed by atoms with van der Waals surface area (Å²) in [5.41, 5.74) is 1.72. The molecule has 0 unspecified atom stereocenters. The molecule has 2 N–H and O–H groups in total. The summed E-state index contributed by atoms with van der Waals surface area (Å²) in [7, 11) is 0. The van der Waals surface area contributed by atoms with E-state index in [4.69, 9.17) is 11.6 Å². The highest BCUT2D eigenvalue weighted by molar-refractivity contribution is 6.33. The fraction of sp³-hybridized carbons (Fsp3) is 0.0769. The molecule has 0 aliphatic carbocycles. The Morgan fingerprint density at radius 2 is 1.69 bits per heavy atom. The van der Waals surface area contributed by atoms with Gasteiger partial charge in [-0.1, -0.05) is 41.9 Å². The molecular formula is C13H12ClNO. The Kier molecular flexibility index (Phi) is 3.32.